The van der Waals surface area contributed by atoms with Crippen LogP contribution in [-0.2, 0) is 9.53 Å². The molecule has 0 saturated carbocycles. The average molecular weight is 199 g/mol. The van der Waals surface area contributed by atoms with Crippen molar-refractivity contribution < 1.29 is 19.4 Å². The van der Waals surface area contributed by atoms with Gasteiger partial charge in [-0.1, -0.05) is 6.08 Å². The number of carboxylic acid groups (broad SMARTS) is 1. The van der Waals surface area contributed by atoms with Crippen LogP contribution >= 0.6 is 0 Å². The number of hydrogen-bond acceptors (Lipinski definition) is 3. The average Bonchev–Trinajstić information content (AvgIpc) is 2.18. The Morgan fingerprint density at radius 1 is 1.64 bits per heavy atom. The largest absolute Gasteiger partial charge is 0.465 e. The molecule has 1 amide bonds. The van der Waals surface area contributed by atoms with Crippen LogP contribution in [0, 0.1) is 0 Å². The molecule has 1 aliphatic rings. The topological polar surface area (TPSA) is 66.8 Å². The van der Waals surface area contributed by atoms with Crippen molar-refractivity contribution >= 4 is 12.1 Å². The number of hydrogen-bond donors (Lipinski definition) is 1. The van der Waals surface area contributed by atoms with Gasteiger partial charge in [0.15, 0.2) is 0 Å². The number of amides is 1. The first kappa shape index (κ1) is 10.6. The Kier molecular flexibility index (Phi) is 3.50. The molecule has 0 spiro atoms. The minimum Gasteiger partial charge on any atom is -0.465 e. The molecule has 1 heterocycles. The van der Waals surface area contributed by atoms with Gasteiger partial charge in [0.1, 0.15) is 6.04 Å². The molecule has 5 heteroatoms. The summed E-state index contributed by atoms with van der Waals surface area (Å²) in [6, 6.07) is -0.683. The van der Waals surface area contributed by atoms with Crippen LogP contribution in [0.25, 0.3) is 0 Å². The number of carbonyl (C=O) groups excluding carboxylic acids is 1. The number of carbonyl (C=O) groups is 2. The molecule has 1 atom stereocenters. The second kappa shape index (κ2) is 4.64. The molecule has 0 aromatic rings. The summed E-state index contributed by atoms with van der Waals surface area (Å²) in [5.41, 5.74) is 0. The molecular weight excluding hydrogens is 186 g/mol. The predicted molar refractivity (Wildman–Crippen MR) is 48.7 cm³/mol. The summed E-state index contributed by atoms with van der Waals surface area (Å²) in [5.74, 6) is -0.473. The third kappa shape index (κ3) is 2.25. The maximum atomic E-state index is 11.4. The molecule has 1 N–H and O–H groups in total. The fraction of sp³-hybridized carbons (Fsp3) is 0.556. The van der Waals surface area contributed by atoms with Crippen LogP contribution in [0.4, 0.5) is 4.79 Å². The number of esters is 1. The summed E-state index contributed by atoms with van der Waals surface area (Å²) >= 11 is 0. The van der Waals surface area contributed by atoms with E-state index >= 15 is 0 Å². The van der Waals surface area contributed by atoms with Crippen LogP contribution < -0.4 is 0 Å². The van der Waals surface area contributed by atoms with Crippen molar-refractivity contribution in [3.8, 4) is 0 Å². The lowest BCUT2D eigenvalue weighted by molar-refractivity contribution is -0.148. The SMILES string of the molecule is CCOC(=O)C1CCC=CN1C(=O)O. The van der Waals surface area contributed by atoms with Crippen LogP contribution in [0.15, 0.2) is 12.3 Å². The van der Waals surface area contributed by atoms with Gasteiger partial charge in [0, 0.05) is 6.20 Å². The van der Waals surface area contributed by atoms with Crippen LogP contribution in [0.5, 0.6) is 0 Å². The number of nitrogens with zero attached hydrogens (tertiary/aromatic N) is 1. The van der Waals surface area contributed by atoms with Gasteiger partial charge in [0.2, 0.25) is 0 Å². The van der Waals surface area contributed by atoms with Crippen molar-refractivity contribution in [3.63, 3.8) is 0 Å². The molecule has 0 aliphatic carbocycles. The Hall–Kier alpha value is -1.52. The zero-order chi connectivity index (χ0) is 10.6. The van der Waals surface area contributed by atoms with E-state index < -0.39 is 18.1 Å². The van der Waals surface area contributed by atoms with E-state index in [-0.39, 0.29) is 6.61 Å². The highest BCUT2D eigenvalue weighted by molar-refractivity contribution is 5.81. The summed E-state index contributed by atoms with van der Waals surface area (Å²) < 4.78 is 4.78. The molecule has 1 rings (SSSR count). The van der Waals surface area contributed by atoms with Gasteiger partial charge in [-0.3, -0.25) is 4.90 Å². The minimum absolute atomic E-state index is 0.270. The first-order chi connectivity index (χ1) is 6.66. The quantitative estimate of drug-likeness (QED) is 0.678. The molecule has 0 aromatic carbocycles. The van der Waals surface area contributed by atoms with E-state index in [1.165, 1.54) is 6.20 Å². The zero-order valence-corrected chi connectivity index (χ0v) is 7.97. The van der Waals surface area contributed by atoms with Crippen molar-refractivity contribution in [3.05, 3.63) is 12.3 Å². The van der Waals surface area contributed by atoms with Crippen molar-refractivity contribution in [2.24, 2.45) is 0 Å². The molecule has 1 aliphatic heterocycles. The molecule has 0 bridgehead atoms. The van der Waals surface area contributed by atoms with Crippen molar-refractivity contribution in [2.45, 2.75) is 25.8 Å². The fourth-order valence-electron chi connectivity index (χ4n) is 1.35. The van der Waals surface area contributed by atoms with Crippen LogP contribution in [-0.4, -0.2) is 34.7 Å². The van der Waals surface area contributed by atoms with Crippen LogP contribution in [0.1, 0.15) is 19.8 Å². The minimum atomic E-state index is -1.13. The zero-order valence-electron chi connectivity index (χ0n) is 7.97. The van der Waals surface area contributed by atoms with Gasteiger partial charge in [-0.15, -0.1) is 0 Å². The lowest BCUT2D eigenvalue weighted by Crippen LogP contribution is -2.43. The molecule has 0 saturated heterocycles. The van der Waals surface area contributed by atoms with Crippen LogP contribution in [0.2, 0.25) is 0 Å². The summed E-state index contributed by atoms with van der Waals surface area (Å²) in [6.45, 7) is 1.97. The Morgan fingerprint density at radius 3 is 2.93 bits per heavy atom. The van der Waals surface area contributed by atoms with Crippen LogP contribution in [0.3, 0.4) is 0 Å². The normalized spacial score (nSPS) is 20.6. The van der Waals surface area contributed by atoms with E-state index in [1.807, 2.05) is 0 Å². The van der Waals surface area contributed by atoms with Gasteiger partial charge in [-0.05, 0) is 19.8 Å². The first-order valence-corrected chi connectivity index (χ1v) is 4.51. The monoisotopic (exact) mass is 199 g/mol. The van der Waals surface area contributed by atoms with Gasteiger partial charge in [-0.25, -0.2) is 9.59 Å². The molecule has 14 heavy (non-hydrogen) atoms. The summed E-state index contributed by atoms with van der Waals surface area (Å²) in [7, 11) is 0. The van der Waals surface area contributed by atoms with E-state index in [1.54, 1.807) is 13.0 Å². The Bertz CT molecular complexity index is 262. The fourth-order valence-corrected chi connectivity index (χ4v) is 1.35. The lowest BCUT2D eigenvalue weighted by atomic mass is 10.1. The Morgan fingerprint density at radius 2 is 2.36 bits per heavy atom. The standard InChI is InChI=1S/C9H13NO4/c1-2-14-8(11)7-5-3-4-6-10(7)9(12)13/h4,6-7H,2-3,5H2,1H3,(H,12,13). The van der Waals surface area contributed by atoms with E-state index in [2.05, 4.69) is 0 Å². The highest BCUT2D eigenvalue weighted by Crippen LogP contribution is 2.16. The maximum absolute atomic E-state index is 11.4. The molecule has 5 nitrogen and oxygen atoms in total. The summed E-state index contributed by atoms with van der Waals surface area (Å²) in [5, 5.41) is 8.79. The number of ether oxygens (including phenoxy) is 1. The Labute approximate surface area is 82.0 Å². The van der Waals surface area contributed by atoms with E-state index in [0.717, 1.165) is 4.90 Å². The van der Waals surface area contributed by atoms with Gasteiger partial charge in [0.05, 0.1) is 6.61 Å². The van der Waals surface area contributed by atoms with Gasteiger partial charge in [-0.2, -0.15) is 0 Å². The molecular formula is C9H13NO4. The Balaban J connectivity index is 2.70. The summed E-state index contributed by atoms with van der Waals surface area (Å²) in [6.07, 6.45) is 3.20. The van der Waals surface area contributed by atoms with E-state index in [4.69, 9.17) is 9.84 Å². The lowest BCUT2D eigenvalue weighted by Gasteiger charge is -2.26. The highest BCUT2D eigenvalue weighted by Gasteiger charge is 2.30. The van der Waals surface area contributed by atoms with Gasteiger partial charge in [0.25, 0.3) is 0 Å². The second-order valence-corrected chi connectivity index (χ2v) is 2.92. The third-order valence-corrected chi connectivity index (χ3v) is 1.99. The molecule has 0 radical (unpaired) electrons. The molecule has 0 fully saturated rings. The second-order valence-electron chi connectivity index (χ2n) is 2.92. The van der Waals surface area contributed by atoms with E-state index in [9.17, 15) is 9.59 Å². The first-order valence-electron chi connectivity index (χ1n) is 4.51. The van der Waals surface area contributed by atoms with Crippen molar-refractivity contribution in [2.75, 3.05) is 6.61 Å². The summed E-state index contributed by atoms with van der Waals surface area (Å²) in [4.78, 5) is 23.1. The smallest absolute Gasteiger partial charge is 0.412 e. The number of rotatable bonds is 2. The molecule has 1 unspecified atom stereocenters. The molecule has 0 aromatic heterocycles. The van der Waals surface area contributed by atoms with Gasteiger partial charge < -0.3 is 9.84 Å². The van der Waals surface area contributed by atoms with Gasteiger partial charge >= 0.3 is 12.1 Å². The maximum Gasteiger partial charge on any atom is 0.412 e. The number of allylic oxidation sites excluding steroid dienone is 1. The molecule has 78 valence electrons. The third-order valence-electron chi connectivity index (χ3n) is 1.99. The highest BCUT2D eigenvalue weighted by atomic mass is 16.5. The van der Waals surface area contributed by atoms with E-state index in [0.29, 0.717) is 12.8 Å². The van der Waals surface area contributed by atoms with Crippen molar-refractivity contribution in [1.82, 2.24) is 4.90 Å². The van der Waals surface area contributed by atoms with Crippen molar-refractivity contribution in [1.29, 1.82) is 0 Å². The predicted octanol–water partition coefficient (Wildman–Crippen LogP) is 1.21.